The Balaban J connectivity index is 2.09. The molecule has 2 heterocycles. The Hall–Kier alpha value is -1.65. The normalized spacial score (nSPS) is 24.0. The molecule has 3 rings (SSSR count). The van der Waals surface area contributed by atoms with E-state index in [1.807, 2.05) is 0 Å². The Bertz CT molecular complexity index is 920. The number of carbonyl (C=O) groups is 1. The quantitative estimate of drug-likeness (QED) is 0.750. The SMILES string of the molecule is COc1ccc(N2C(=O)C(C)CS2(=O)=O)cc1S(=O)(=O)N1CCCCC1. The van der Waals surface area contributed by atoms with Crippen molar-refractivity contribution < 1.29 is 26.4 Å². The number of piperidine rings is 1. The summed E-state index contributed by atoms with van der Waals surface area (Å²) < 4.78 is 58.0. The van der Waals surface area contributed by atoms with Crippen molar-refractivity contribution >= 4 is 31.6 Å². The molecule has 1 atom stereocenters. The number of amides is 1. The molecule has 0 N–H and O–H groups in total. The van der Waals surface area contributed by atoms with Crippen LogP contribution in [0, 0.1) is 5.92 Å². The van der Waals surface area contributed by atoms with Crippen LogP contribution in [0.3, 0.4) is 0 Å². The summed E-state index contributed by atoms with van der Waals surface area (Å²) in [4.78, 5) is 12.2. The molecule has 0 aromatic heterocycles. The fourth-order valence-corrected chi connectivity index (χ4v) is 6.83. The Kier molecular flexibility index (Phi) is 5.02. The predicted molar refractivity (Wildman–Crippen MR) is 96.0 cm³/mol. The molecule has 2 fully saturated rings. The van der Waals surface area contributed by atoms with Gasteiger partial charge in [-0.2, -0.15) is 4.31 Å². The average molecular weight is 402 g/mol. The van der Waals surface area contributed by atoms with Gasteiger partial charge < -0.3 is 4.74 Å². The van der Waals surface area contributed by atoms with Gasteiger partial charge in [0, 0.05) is 13.1 Å². The highest BCUT2D eigenvalue weighted by molar-refractivity contribution is 7.94. The van der Waals surface area contributed by atoms with Gasteiger partial charge in [0.25, 0.3) is 0 Å². The smallest absolute Gasteiger partial charge is 0.246 e. The van der Waals surface area contributed by atoms with Gasteiger partial charge in [-0.3, -0.25) is 4.79 Å². The highest BCUT2D eigenvalue weighted by Gasteiger charge is 2.42. The largest absolute Gasteiger partial charge is 0.495 e. The summed E-state index contributed by atoms with van der Waals surface area (Å²) in [6, 6.07) is 4.00. The van der Waals surface area contributed by atoms with E-state index in [2.05, 4.69) is 0 Å². The van der Waals surface area contributed by atoms with Crippen molar-refractivity contribution in [1.29, 1.82) is 0 Å². The van der Waals surface area contributed by atoms with Gasteiger partial charge in [0.2, 0.25) is 26.0 Å². The molecule has 1 aromatic rings. The molecule has 0 saturated carbocycles. The maximum Gasteiger partial charge on any atom is 0.246 e. The first-order chi connectivity index (χ1) is 12.2. The van der Waals surface area contributed by atoms with Gasteiger partial charge in [-0.05, 0) is 31.0 Å². The van der Waals surface area contributed by atoms with Gasteiger partial charge in [0.1, 0.15) is 10.6 Å². The first kappa shape index (κ1) is 19.1. The Morgan fingerprint density at radius 3 is 2.35 bits per heavy atom. The monoisotopic (exact) mass is 402 g/mol. The lowest BCUT2D eigenvalue weighted by Crippen LogP contribution is -2.36. The topological polar surface area (TPSA) is 101 Å². The molecule has 0 radical (unpaired) electrons. The van der Waals surface area contributed by atoms with Crippen LogP contribution in [0.25, 0.3) is 0 Å². The van der Waals surface area contributed by atoms with E-state index in [1.54, 1.807) is 0 Å². The fraction of sp³-hybridized carbons (Fsp3) is 0.562. The predicted octanol–water partition coefficient (Wildman–Crippen LogP) is 1.18. The minimum absolute atomic E-state index is 0.0238. The number of carbonyl (C=O) groups excluding carboxylic acids is 1. The summed E-state index contributed by atoms with van der Waals surface area (Å²) in [6.07, 6.45) is 2.52. The summed E-state index contributed by atoms with van der Waals surface area (Å²) in [5.74, 6) is -1.39. The molecule has 1 unspecified atom stereocenters. The van der Waals surface area contributed by atoms with E-state index in [4.69, 9.17) is 4.74 Å². The summed E-state index contributed by atoms with van der Waals surface area (Å²) in [5.41, 5.74) is 0.0238. The summed E-state index contributed by atoms with van der Waals surface area (Å²) in [5, 5.41) is 0. The van der Waals surface area contributed by atoms with Crippen molar-refractivity contribution in [3.63, 3.8) is 0 Å². The highest BCUT2D eigenvalue weighted by atomic mass is 32.2. The van der Waals surface area contributed by atoms with Gasteiger partial charge in [0.15, 0.2) is 0 Å². The summed E-state index contributed by atoms with van der Waals surface area (Å²) in [6.45, 7) is 2.36. The van der Waals surface area contributed by atoms with Crippen LogP contribution in [0.15, 0.2) is 23.1 Å². The number of rotatable bonds is 4. The van der Waals surface area contributed by atoms with Crippen molar-refractivity contribution in [3.8, 4) is 5.75 Å². The van der Waals surface area contributed by atoms with Gasteiger partial charge in [-0.25, -0.2) is 21.1 Å². The fourth-order valence-electron chi connectivity index (χ4n) is 3.32. The number of anilines is 1. The zero-order valence-electron chi connectivity index (χ0n) is 14.7. The zero-order chi connectivity index (χ0) is 19.1. The van der Waals surface area contributed by atoms with Gasteiger partial charge in [0.05, 0.1) is 24.5 Å². The summed E-state index contributed by atoms with van der Waals surface area (Å²) >= 11 is 0. The molecule has 10 heteroatoms. The number of methoxy groups -OCH3 is 1. The molecule has 0 spiro atoms. The van der Waals surface area contributed by atoms with E-state index in [9.17, 15) is 21.6 Å². The van der Waals surface area contributed by atoms with E-state index < -0.39 is 31.9 Å². The van der Waals surface area contributed by atoms with Crippen LogP contribution in [-0.2, 0) is 24.8 Å². The molecule has 1 aromatic carbocycles. The van der Waals surface area contributed by atoms with Crippen LogP contribution in [0.4, 0.5) is 5.69 Å². The Labute approximate surface area is 153 Å². The van der Waals surface area contributed by atoms with E-state index in [-0.39, 0.29) is 22.1 Å². The number of benzene rings is 1. The van der Waals surface area contributed by atoms with Crippen LogP contribution in [0.2, 0.25) is 0 Å². The van der Waals surface area contributed by atoms with E-state index in [0.29, 0.717) is 17.4 Å². The summed E-state index contributed by atoms with van der Waals surface area (Å²) in [7, 11) is -6.31. The second-order valence-electron chi connectivity index (χ2n) is 6.58. The van der Waals surface area contributed by atoms with Crippen molar-refractivity contribution in [2.45, 2.75) is 31.1 Å². The maximum absolute atomic E-state index is 13.0. The van der Waals surface area contributed by atoms with Crippen molar-refractivity contribution in [1.82, 2.24) is 4.31 Å². The lowest BCUT2D eigenvalue weighted by Gasteiger charge is -2.27. The molecular formula is C16H22N2O6S2. The second kappa shape index (κ2) is 6.82. The lowest BCUT2D eigenvalue weighted by atomic mass is 10.2. The first-order valence-corrected chi connectivity index (χ1v) is 11.5. The average Bonchev–Trinajstić information content (AvgIpc) is 2.82. The van der Waals surface area contributed by atoms with E-state index in [1.165, 1.54) is 36.5 Å². The zero-order valence-corrected chi connectivity index (χ0v) is 16.3. The van der Waals surface area contributed by atoms with Crippen LogP contribution in [-0.4, -0.2) is 53.0 Å². The molecule has 26 heavy (non-hydrogen) atoms. The van der Waals surface area contributed by atoms with Crippen molar-refractivity contribution in [2.24, 2.45) is 5.92 Å². The molecule has 2 aliphatic heterocycles. The lowest BCUT2D eigenvalue weighted by molar-refractivity contribution is -0.119. The molecule has 0 bridgehead atoms. The van der Waals surface area contributed by atoms with Crippen LogP contribution in [0.5, 0.6) is 5.75 Å². The van der Waals surface area contributed by atoms with Gasteiger partial charge in [-0.15, -0.1) is 0 Å². The van der Waals surface area contributed by atoms with Gasteiger partial charge in [-0.1, -0.05) is 13.3 Å². The number of ether oxygens (including phenoxy) is 1. The van der Waals surface area contributed by atoms with Crippen molar-refractivity contribution in [3.05, 3.63) is 18.2 Å². The van der Waals surface area contributed by atoms with Crippen LogP contribution < -0.4 is 9.04 Å². The number of nitrogens with zero attached hydrogens (tertiary/aromatic N) is 2. The molecule has 2 saturated heterocycles. The number of hydrogen-bond acceptors (Lipinski definition) is 6. The number of hydrogen-bond donors (Lipinski definition) is 0. The molecule has 1 amide bonds. The highest BCUT2D eigenvalue weighted by Crippen LogP contribution is 2.35. The molecule has 0 aliphatic carbocycles. The maximum atomic E-state index is 13.0. The Morgan fingerprint density at radius 1 is 1.15 bits per heavy atom. The third kappa shape index (κ3) is 3.21. The standard InChI is InChI=1S/C16H22N2O6S2/c1-12-11-25(20,21)18(16(12)19)13-6-7-14(24-2)15(10-13)26(22,23)17-8-4-3-5-9-17/h6-7,10,12H,3-5,8-9,11H2,1-2H3. The Morgan fingerprint density at radius 2 is 1.81 bits per heavy atom. The minimum Gasteiger partial charge on any atom is -0.495 e. The van der Waals surface area contributed by atoms with E-state index in [0.717, 1.165) is 19.3 Å². The van der Waals surface area contributed by atoms with Crippen LogP contribution >= 0.6 is 0 Å². The minimum atomic E-state index is -3.85. The molecule has 8 nitrogen and oxygen atoms in total. The third-order valence-corrected chi connectivity index (χ3v) is 8.46. The molecule has 2 aliphatic rings. The third-order valence-electron chi connectivity index (χ3n) is 4.68. The number of sulfonamides is 2. The van der Waals surface area contributed by atoms with E-state index >= 15 is 0 Å². The molecular weight excluding hydrogens is 380 g/mol. The van der Waals surface area contributed by atoms with Gasteiger partial charge >= 0.3 is 0 Å². The molecule has 144 valence electrons. The van der Waals surface area contributed by atoms with Crippen LogP contribution in [0.1, 0.15) is 26.2 Å². The second-order valence-corrected chi connectivity index (χ2v) is 10.4. The van der Waals surface area contributed by atoms with Crippen molar-refractivity contribution in [2.75, 3.05) is 30.3 Å². The first-order valence-electron chi connectivity index (χ1n) is 8.43.